The molecule has 1 aliphatic heterocycles. The van der Waals surface area contributed by atoms with Gasteiger partial charge in [0.25, 0.3) is 5.91 Å². The fraction of sp³-hybridized carbons (Fsp3) is 0.471. The summed E-state index contributed by atoms with van der Waals surface area (Å²) in [6.07, 6.45) is 3.33. The molecule has 1 N–H and O–H groups in total. The van der Waals surface area contributed by atoms with Crippen LogP contribution in [-0.2, 0) is 10.0 Å². The Bertz CT molecular complexity index is 690. The number of nitrogens with zero attached hydrogens (tertiary/aromatic N) is 1. The molecule has 126 valence electrons. The highest BCUT2D eigenvalue weighted by molar-refractivity contribution is 7.89. The largest absolute Gasteiger partial charge is 0.349 e. The summed E-state index contributed by atoms with van der Waals surface area (Å²) >= 11 is 0. The zero-order valence-corrected chi connectivity index (χ0v) is 14.5. The van der Waals surface area contributed by atoms with E-state index < -0.39 is 10.0 Å². The maximum Gasteiger partial charge on any atom is 0.251 e. The van der Waals surface area contributed by atoms with Crippen LogP contribution in [0.25, 0.3) is 0 Å². The Morgan fingerprint density at radius 1 is 1.39 bits per heavy atom. The summed E-state index contributed by atoms with van der Waals surface area (Å²) in [4.78, 5) is 12.3. The Labute approximate surface area is 138 Å². The summed E-state index contributed by atoms with van der Waals surface area (Å²) in [7, 11) is -3.55. The standard InChI is InChI=1S/C17H24N2O3S/c1-4-9-18-17(20)16-12-15(6-5-14(16)3)23(21,22)19-10-7-13(2)8-11-19/h4-6,12-13H,1,7-11H2,2-3H3,(H,18,20). The molecule has 1 heterocycles. The van der Waals surface area contributed by atoms with Crippen LogP contribution in [0.15, 0.2) is 35.7 Å². The molecule has 0 aromatic heterocycles. The van der Waals surface area contributed by atoms with Crippen molar-refractivity contribution < 1.29 is 13.2 Å². The number of piperidine rings is 1. The molecule has 0 atom stereocenters. The second kappa shape index (κ2) is 7.27. The van der Waals surface area contributed by atoms with Gasteiger partial charge in [-0.3, -0.25) is 4.79 Å². The summed E-state index contributed by atoms with van der Waals surface area (Å²) in [5, 5.41) is 2.69. The van der Waals surface area contributed by atoms with Gasteiger partial charge in [0.05, 0.1) is 4.90 Å². The predicted octanol–water partition coefficient (Wildman–Crippen LogP) is 2.33. The number of nitrogens with one attached hydrogen (secondary N) is 1. The third-order valence-electron chi connectivity index (χ3n) is 4.24. The van der Waals surface area contributed by atoms with Crippen LogP contribution in [0.5, 0.6) is 0 Å². The summed E-state index contributed by atoms with van der Waals surface area (Å²) in [6, 6.07) is 4.73. The van der Waals surface area contributed by atoms with Gasteiger partial charge in [-0.1, -0.05) is 19.1 Å². The average molecular weight is 336 g/mol. The van der Waals surface area contributed by atoms with Crippen LogP contribution in [0, 0.1) is 12.8 Å². The quantitative estimate of drug-likeness (QED) is 0.839. The molecular weight excluding hydrogens is 312 g/mol. The van der Waals surface area contributed by atoms with Crippen LogP contribution < -0.4 is 5.32 Å². The molecule has 0 bridgehead atoms. The number of benzene rings is 1. The summed E-state index contributed by atoms with van der Waals surface area (Å²) in [5.41, 5.74) is 1.14. The third-order valence-corrected chi connectivity index (χ3v) is 6.14. The van der Waals surface area contributed by atoms with Crippen LogP contribution in [0.2, 0.25) is 0 Å². The first-order valence-corrected chi connectivity index (χ1v) is 9.30. The van der Waals surface area contributed by atoms with Crippen molar-refractivity contribution in [3.05, 3.63) is 42.0 Å². The maximum absolute atomic E-state index is 12.8. The number of rotatable bonds is 5. The van der Waals surface area contributed by atoms with Gasteiger partial charge in [0.15, 0.2) is 0 Å². The molecule has 0 unspecified atom stereocenters. The van der Waals surface area contributed by atoms with Crippen molar-refractivity contribution in [3.8, 4) is 0 Å². The average Bonchev–Trinajstić information content (AvgIpc) is 2.53. The van der Waals surface area contributed by atoms with Crippen LogP contribution in [0.4, 0.5) is 0 Å². The van der Waals surface area contributed by atoms with Crippen molar-refractivity contribution in [3.63, 3.8) is 0 Å². The summed E-state index contributed by atoms with van der Waals surface area (Å²) in [5.74, 6) is 0.270. The van der Waals surface area contributed by atoms with Crippen LogP contribution in [0.1, 0.15) is 35.7 Å². The molecule has 1 amide bonds. The molecule has 0 radical (unpaired) electrons. The fourth-order valence-corrected chi connectivity index (χ4v) is 4.14. The van der Waals surface area contributed by atoms with Gasteiger partial charge in [-0.05, 0) is 43.4 Å². The van der Waals surface area contributed by atoms with Crippen molar-refractivity contribution in [2.45, 2.75) is 31.6 Å². The van der Waals surface area contributed by atoms with Crippen LogP contribution in [0.3, 0.4) is 0 Å². The van der Waals surface area contributed by atoms with Gasteiger partial charge in [0, 0.05) is 25.2 Å². The van der Waals surface area contributed by atoms with E-state index in [0.717, 1.165) is 18.4 Å². The Hall–Kier alpha value is -1.66. The van der Waals surface area contributed by atoms with Gasteiger partial charge >= 0.3 is 0 Å². The molecule has 1 fully saturated rings. The number of hydrogen-bond donors (Lipinski definition) is 1. The lowest BCUT2D eigenvalue weighted by Crippen LogP contribution is -2.38. The van der Waals surface area contributed by atoms with Gasteiger partial charge < -0.3 is 5.32 Å². The molecule has 2 rings (SSSR count). The summed E-state index contributed by atoms with van der Waals surface area (Å²) < 4.78 is 27.1. The van der Waals surface area contributed by atoms with E-state index in [2.05, 4.69) is 18.8 Å². The highest BCUT2D eigenvalue weighted by Crippen LogP contribution is 2.24. The van der Waals surface area contributed by atoms with E-state index in [1.807, 2.05) is 0 Å². The van der Waals surface area contributed by atoms with E-state index in [-0.39, 0.29) is 10.8 Å². The Balaban J connectivity index is 2.29. The Kier molecular flexibility index (Phi) is 5.59. The van der Waals surface area contributed by atoms with Crippen molar-refractivity contribution in [1.29, 1.82) is 0 Å². The van der Waals surface area contributed by atoms with Crippen LogP contribution in [-0.4, -0.2) is 38.3 Å². The zero-order valence-electron chi connectivity index (χ0n) is 13.7. The number of carbonyl (C=O) groups excluding carboxylic acids is 1. The number of carbonyl (C=O) groups is 1. The first kappa shape index (κ1) is 17.7. The van der Waals surface area contributed by atoms with E-state index in [4.69, 9.17) is 0 Å². The fourth-order valence-electron chi connectivity index (χ4n) is 2.64. The van der Waals surface area contributed by atoms with E-state index in [1.165, 1.54) is 10.4 Å². The molecule has 1 aromatic carbocycles. The molecule has 5 nitrogen and oxygen atoms in total. The molecular formula is C17H24N2O3S. The van der Waals surface area contributed by atoms with Gasteiger partial charge in [-0.2, -0.15) is 4.31 Å². The molecule has 1 aromatic rings. The maximum atomic E-state index is 12.8. The minimum Gasteiger partial charge on any atom is -0.349 e. The highest BCUT2D eigenvalue weighted by atomic mass is 32.2. The molecule has 0 spiro atoms. The highest BCUT2D eigenvalue weighted by Gasteiger charge is 2.28. The molecule has 0 saturated carbocycles. The van der Waals surface area contributed by atoms with Gasteiger partial charge in [0.2, 0.25) is 10.0 Å². The molecule has 0 aliphatic carbocycles. The molecule has 1 saturated heterocycles. The van der Waals surface area contributed by atoms with E-state index in [1.54, 1.807) is 25.1 Å². The van der Waals surface area contributed by atoms with Crippen molar-refractivity contribution in [2.75, 3.05) is 19.6 Å². The van der Waals surface area contributed by atoms with Gasteiger partial charge in [-0.15, -0.1) is 6.58 Å². The van der Waals surface area contributed by atoms with Crippen molar-refractivity contribution >= 4 is 15.9 Å². The van der Waals surface area contributed by atoms with E-state index >= 15 is 0 Å². The monoisotopic (exact) mass is 336 g/mol. The Morgan fingerprint density at radius 3 is 2.65 bits per heavy atom. The first-order valence-electron chi connectivity index (χ1n) is 7.86. The first-order chi connectivity index (χ1) is 10.9. The second-order valence-corrected chi connectivity index (χ2v) is 8.00. The minimum atomic E-state index is -3.55. The van der Waals surface area contributed by atoms with Gasteiger partial charge in [0.1, 0.15) is 0 Å². The number of amides is 1. The van der Waals surface area contributed by atoms with E-state index in [9.17, 15) is 13.2 Å². The van der Waals surface area contributed by atoms with Crippen molar-refractivity contribution in [2.24, 2.45) is 5.92 Å². The number of hydrogen-bond acceptors (Lipinski definition) is 3. The van der Waals surface area contributed by atoms with Gasteiger partial charge in [-0.25, -0.2) is 8.42 Å². The second-order valence-electron chi connectivity index (χ2n) is 6.06. The molecule has 6 heteroatoms. The molecule has 1 aliphatic rings. The number of aryl methyl sites for hydroxylation is 1. The number of sulfonamides is 1. The van der Waals surface area contributed by atoms with E-state index in [0.29, 0.717) is 31.1 Å². The third kappa shape index (κ3) is 4.00. The normalized spacial score (nSPS) is 17.0. The van der Waals surface area contributed by atoms with Crippen LogP contribution >= 0.6 is 0 Å². The topological polar surface area (TPSA) is 66.5 Å². The lowest BCUT2D eigenvalue weighted by Gasteiger charge is -2.29. The zero-order chi connectivity index (χ0) is 17.0. The Morgan fingerprint density at radius 2 is 2.04 bits per heavy atom. The minimum absolute atomic E-state index is 0.182. The lowest BCUT2D eigenvalue weighted by molar-refractivity contribution is 0.0957. The lowest BCUT2D eigenvalue weighted by atomic mass is 10.0. The smallest absolute Gasteiger partial charge is 0.251 e. The molecule has 23 heavy (non-hydrogen) atoms. The predicted molar refractivity (Wildman–Crippen MR) is 90.9 cm³/mol. The summed E-state index contributed by atoms with van der Waals surface area (Å²) in [6.45, 7) is 8.91. The SMILES string of the molecule is C=CCNC(=O)c1cc(S(=O)(=O)N2CCC(C)CC2)ccc1C. The van der Waals surface area contributed by atoms with Crippen molar-refractivity contribution in [1.82, 2.24) is 9.62 Å².